The number of fused-ring (bicyclic) bond motifs is 2. The Kier molecular flexibility index (Phi) is 8.93. The number of rotatable bonds is 4. The summed E-state index contributed by atoms with van der Waals surface area (Å²) in [6.07, 6.45) is 19.2. The summed E-state index contributed by atoms with van der Waals surface area (Å²) in [7, 11) is 0. The monoisotopic (exact) mass is 558 g/mol. The number of nitrogens with zero attached hydrogens (tertiary/aromatic N) is 4. The van der Waals surface area contributed by atoms with Crippen LogP contribution in [-0.4, -0.2) is 19.8 Å². The van der Waals surface area contributed by atoms with E-state index in [1.165, 1.54) is 0 Å². The minimum Gasteiger partial charge on any atom is -0.258 e. The Morgan fingerprint density at radius 2 is 0.949 bits per heavy atom. The van der Waals surface area contributed by atoms with Crippen molar-refractivity contribution in [1.29, 1.82) is 0 Å². The number of aromatic nitrogens is 2. The molecule has 0 aliphatic heterocycles. The van der Waals surface area contributed by atoms with Gasteiger partial charge < -0.3 is 0 Å². The van der Waals surface area contributed by atoms with Crippen LogP contribution in [0.1, 0.15) is 22.3 Å². The summed E-state index contributed by atoms with van der Waals surface area (Å²) in [6.45, 7) is 3.70. The molecule has 6 rings (SSSR count). The Bertz CT molecular complexity index is 1410. The van der Waals surface area contributed by atoms with Crippen molar-refractivity contribution in [1.82, 2.24) is 9.97 Å². The SMILES string of the molecule is Cc1cc([N+](=O)[O-])c2ncc([C]3[CH][CH][CH][CH]3)cc2c1.Cc1cc([N+](=O)[O-])c2ncc([C]3[CH][CH][CH][CH]3)cc2c1.[Fe+2]. The van der Waals surface area contributed by atoms with E-state index in [1.54, 1.807) is 24.5 Å². The van der Waals surface area contributed by atoms with Crippen LogP contribution in [0.3, 0.4) is 0 Å². The van der Waals surface area contributed by atoms with Crippen LogP contribution in [0.15, 0.2) is 48.8 Å². The largest absolute Gasteiger partial charge is 2.00 e. The third-order valence-corrected chi connectivity index (χ3v) is 6.20. The number of nitro groups is 2. The quantitative estimate of drug-likeness (QED) is 0.163. The molecule has 2 fully saturated rings. The fourth-order valence-electron chi connectivity index (χ4n) is 4.48. The number of hydrogen-bond donors (Lipinski definition) is 0. The van der Waals surface area contributed by atoms with Crippen molar-refractivity contribution in [2.45, 2.75) is 13.8 Å². The molecule has 2 aromatic heterocycles. The van der Waals surface area contributed by atoms with E-state index in [9.17, 15) is 20.2 Å². The molecule has 0 atom stereocenters. The van der Waals surface area contributed by atoms with Crippen molar-refractivity contribution in [3.63, 3.8) is 0 Å². The van der Waals surface area contributed by atoms with Crippen LogP contribution in [-0.2, 0) is 17.1 Å². The number of hydrogen-bond acceptors (Lipinski definition) is 6. The number of non-ortho nitro benzene ring substituents is 2. The number of pyridine rings is 2. The molecular weight excluding hydrogens is 536 g/mol. The van der Waals surface area contributed by atoms with Crippen molar-refractivity contribution in [2.24, 2.45) is 0 Å². The molecule has 0 amide bonds. The van der Waals surface area contributed by atoms with Gasteiger partial charge in [0.25, 0.3) is 11.4 Å². The summed E-state index contributed by atoms with van der Waals surface area (Å²) >= 11 is 0. The van der Waals surface area contributed by atoms with Crippen molar-refractivity contribution in [3.05, 3.63) is 154 Å². The Morgan fingerprint density at radius 1 is 0.590 bits per heavy atom. The van der Waals surface area contributed by atoms with Crippen LogP contribution in [0, 0.1) is 97.3 Å². The molecular formula is C30H22FeN4O4+2. The zero-order valence-electron chi connectivity index (χ0n) is 21.0. The van der Waals surface area contributed by atoms with Gasteiger partial charge in [0.05, 0.1) is 9.85 Å². The van der Waals surface area contributed by atoms with Gasteiger partial charge in [-0.05, 0) is 112 Å². The Morgan fingerprint density at radius 3 is 1.28 bits per heavy atom. The second kappa shape index (κ2) is 12.2. The molecule has 39 heavy (non-hydrogen) atoms. The van der Waals surface area contributed by atoms with Gasteiger partial charge in [0.2, 0.25) is 0 Å². The van der Waals surface area contributed by atoms with E-state index in [4.69, 9.17) is 0 Å². The van der Waals surface area contributed by atoms with Gasteiger partial charge in [0.1, 0.15) is 11.0 Å². The van der Waals surface area contributed by atoms with Gasteiger partial charge in [0, 0.05) is 47.1 Å². The number of benzene rings is 2. The molecule has 10 radical (unpaired) electrons. The van der Waals surface area contributed by atoms with Crippen molar-refractivity contribution in [3.8, 4) is 0 Å². The maximum atomic E-state index is 11.0. The smallest absolute Gasteiger partial charge is 0.258 e. The molecule has 0 spiro atoms. The van der Waals surface area contributed by atoms with E-state index in [-0.39, 0.29) is 38.3 Å². The zero-order chi connectivity index (χ0) is 26.8. The molecule has 4 aromatic rings. The molecule has 2 aromatic carbocycles. The van der Waals surface area contributed by atoms with Crippen LogP contribution in [0.2, 0.25) is 0 Å². The second-order valence-corrected chi connectivity index (χ2v) is 9.02. The molecule has 0 N–H and O–H groups in total. The average Bonchev–Trinajstić information content (AvgIpc) is 3.62. The van der Waals surface area contributed by atoms with Crippen molar-refractivity contribution in [2.75, 3.05) is 0 Å². The predicted octanol–water partition coefficient (Wildman–Crippen LogP) is 6.41. The van der Waals surface area contributed by atoms with Gasteiger partial charge >= 0.3 is 17.1 Å². The minimum atomic E-state index is -0.384. The summed E-state index contributed by atoms with van der Waals surface area (Å²) in [5, 5.41) is 23.7. The van der Waals surface area contributed by atoms with Crippen LogP contribution in [0.5, 0.6) is 0 Å². The molecule has 2 heterocycles. The Balaban J connectivity index is 0.000000176. The summed E-state index contributed by atoms with van der Waals surface area (Å²) < 4.78 is 0. The van der Waals surface area contributed by atoms with Gasteiger partial charge in [-0.3, -0.25) is 20.2 Å². The van der Waals surface area contributed by atoms with Gasteiger partial charge in [-0.2, -0.15) is 0 Å². The molecule has 0 unspecified atom stereocenters. The average molecular weight is 558 g/mol. The van der Waals surface area contributed by atoms with Gasteiger partial charge in [-0.25, -0.2) is 9.97 Å². The Hall–Kier alpha value is -3.42. The third kappa shape index (κ3) is 6.26. The standard InChI is InChI=1S/2C15H11N2O2.Fe/c2*1-10-6-12-8-13(11-4-2-3-5-11)9-16-15(12)14(7-10)17(18)19;/h2*2-9H,1H3;/q;;+2. The first-order valence-corrected chi connectivity index (χ1v) is 11.8. The molecule has 8 nitrogen and oxygen atoms in total. The first-order valence-electron chi connectivity index (χ1n) is 11.8. The van der Waals surface area contributed by atoms with E-state index in [1.807, 2.05) is 89.5 Å². The first kappa shape index (κ1) is 28.6. The molecule has 0 bridgehead atoms. The zero-order valence-corrected chi connectivity index (χ0v) is 22.1. The summed E-state index contributed by atoms with van der Waals surface area (Å²) in [5.41, 5.74) is 4.65. The molecule has 192 valence electrons. The normalized spacial score (nSPS) is 15.6. The number of aryl methyl sites for hydroxylation is 2. The third-order valence-electron chi connectivity index (χ3n) is 6.20. The molecule has 9 heteroatoms. The fourth-order valence-corrected chi connectivity index (χ4v) is 4.48. The van der Waals surface area contributed by atoms with Crippen molar-refractivity contribution >= 4 is 33.2 Å². The molecule has 2 aliphatic rings. The van der Waals surface area contributed by atoms with E-state index in [0.717, 1.165) is 44.9 Å². The van der Waals surface area contributed by atoms with Gasteiger partial charge in [-0.15, -0.1) is 0 Å². The van der Waals surface area contributed by atoms with E-state index >= 15 is 0 Å². The van der Waals surface area contributed by atoms with Crippen LogP contribution < -0.4 is 0 Å². The second-order valence-electron chi connectivity index (χ2n) is 9.02. The molecule has 2 aliphatic carbocycles. The molecule has 0 saturated heterocycles. The van der Waals surface area contributed by atoms with Gasteiger partial charge in [0.15, 0.2) is 0 Å². The fraction of sp³-hybridized carbons (Fsp3) is 0.0667. The molecule has 2 saturated carbocycles. The van der Waals surface area contributed by atoms with Crippen LogP contribution in [0.25, 0.3) is 21.8 Å². The van der Waals surface area contributed by atoms with Gasteiger partial charge in [-0.1, -0.05) is 0 Å². The maximum absolute atomic E-state index is 11.0. The van der Waals surface area contributed by atoms with E-state index in [2.05, 4.69) is 9.97 Å². The van der Waals surface area contributed by atoms with Crippen molar-refractivity contribution < 1.29 is 26.9 Å². The summed E-state index contributed by atoms with van der Waals surface area (Å²) in [4.78, 5) is 29.8. The predicted molar refractivity (Wildman–Crippen MR) is 145 cm³/mol. The minimum absolute atomic E-state index is 0. The van der Waals surface area contributed by atoms with Crippen LogP contribution in [0.4, 0.5) is 11.4 Å². The summed E-state index contributed by atoms with van der Waals surface area (Å²) in [5.74, 6) is 2.14. The summed E-state index contributed by atoms with van der Waals surface area (Å²) in [6, 6.07) is 10.8. The Labute approximate surface area is 238 Å². The topological polar surface area (TPSA) is 112 Å². The number of nitro benzene ring substituents is 2. The van der Waals surface area contributed by atoms with Crippen LogP contribution >= 0.6 is 0 Å². The van der Waals surface area contributed by atoms with E-state index in [0.29, 0.717) is 11.0 Å². The first-order chi connectivity index (χ1) is 18.3. The maximum Gasteiger partial charge on any atom is 2.00 e. The van der Waals surface area contributed by atoms with E-state index < -0.39 is 0 Å².